The summed E-state index contributed by atoms with van der Waals surface area (Å²) < 4.78 is 38.9. The minimum Gasteiger partial charge on any atom is -0.504 e. The maximum Gasteiger partial charge on any atom is 0.340 e. The summed E-state index contributed by atoms with van der Waals surface area (Å²) in [5.41, 5.74) is -6.77. The van der Waals surface area contributed by atoms with Crippen LogP contribution < -0.4 is 4.74 Å². The van der Waals surface area contributed by atoms with Crippen molar-refractivity contribution >= 4 is 41.8 Å². The number of hydrogen-bond acceptors (Lipinski definition) is 25. The van der Waals surface area contributed by atoms with Crippen molar-refractivity contribution in [2.75, 3.05) is 6.61 Å². The van der Waals surface area contributed by atoms with Crippen molar-refractivity contribution in [3.05, 3.63) is 58.1 Å². The van der Waals surface area contributed by atoms with Crippen LogP contribution in [0.25, 0.3) is 11.1 Å². The lowest BCUT2D eigenvalue weighted by Crippen LogP contribution is -2.63. The van der Waals surface area contributed by atoms with E-state index in [4.69, 9.17) is 33.2 Å². The Hall–Kier alpha value is -9.07. The van der Waals surface area contributed by atoms with Crippen molar-refractivity contribution in [3.8, 4) is 80.1 Å². The van der Waals surface area contributed by atoms with Crippen molar-refractivity contribution in [2.24, 2.45) is 5.92 Å². The molecule has 4 bridgehead atoms. The molecule has 26 heteroatoms. The average molecular weight is 925 g/mol. The van der Waals surface area contributed by atoms with Gasteiger partial charge in [0.1, 0.15) is 18.6 Å². The summed E-state index contributed by atoms with van der Waals surface area (Å²) in [4.78, 5) is 96.7. The Labute approximate surface area is 363 Å². The number of carbonyl (C=O) groups is 7. The molecule has 4 aliphatic rings. The molecule has 4 aliphatic heterocycles. The second-order valence-electron chi connectivity index (χ2n) is 14.7. The smallest absolute Gasteiger partial charge is 0.340 e. The van der Waals surface area contributed by atoms with Crippen LogP contribution in [-0.4, -0.2) is 140 Å². The topological polar surface area (TPSA) is 427 Å². The molecule has 0 saturated carbocycles. The van der Waals surface area contributed by atoms with Gasteiger partial charge >= 0.3 is 41.8 Å². The second-order valence-corrected chi connectivity index (χ2v) is 14.7. The number of ether oxygens (including phenoxy) is 7. The van der Waals surface area contributed by atoms with E-state index in [-0.39, 0.29) is 0 Å². The quantitative estimate of drug-likeness (QED) is 0.0578. The van der Waals surface area contributed by atoms with Crippen LogP contribution in [0, 0.1) is 5.92 Å². The van der Waals surface area contributed by atoms with Crippen molar-refractivity contribution in [3.63, 3.8) is 0 Å². The van der Waals surface area contributed by atoms with Crippen LogP contribution in [-0.2, 0) is 42.8 Å². The molecule has 7 atom stereocenters. The molecule has 0 aromatic heterocycles. The van der Waals surface area contributed by atoms with Gasteiger partial charge < -0.3 is 94.4 Å². The van der Waals surface area contributed by atoms with Crippen molar-refractivity contribution in [2.45, 2.75) is 43.0 Å². The van der Waals surface area contributed by atoms with E-state index >= 15 is 0 Å². The zero-order valence-corrected chi connectivity index (χ0v) is 32.4. The predicted molar refractivity (Wildman–Crippen MR) is 200 cm³/mol. The van der Waals surface area contributed by atoms with Gasteiger partial charge in [0.05, 0.1) is 34.6 Å². The van der Waals surface area contributed by atoms with Crippen LogP contribution in [0.5, 0.6) is 69.0 Å². The van der Waals surface area contributed by atoms with Gasteiger partial charge in [-0.3, -0.25) is 14.4 Å². The number of hydrogen-bond donors (Lipinski definition) is 12. The Bertz CT molecular complexity index is 2840. The summed E-state index contributed by atoms with van der Waals surface area (Å²) in [6, 6.07) is 2.48. The highest BCUT2D eigenvalue weighted by atomic mass is 16.7. The molecule has 4 aromatic rings. The van der Waals surface area contributed by atoms with Gasteiger partial charge in [-0.25, -0.2) is 19.2 Å². The Kier molecular flexibility index (Phi) is 10.3. The highest BCUT2D eigenvalue weighted by Crippen LogP contribution is 2.54. The highest BCUT2D eigenvalue weighted by molar-refractivity contribution is 6.08. The zero-order chi connectivity index (χ0) is 48.0. The summed E-state index contributed by atoms with van der Waals surface area (Å²) in [5.74, 6) is -30.9. The van der Waals surface area contributed by atoms with Gasteiger partial charge in [-0.2, -0.15) is 0 Å². The summed E-state index contributed by atoms with van der Waals surface area (Å²) in [7, 11) is 0. The van der Waals surface area contributed by atoms with Crippen LogP contribution in [0.3, 0.4) is 0 Å². The summed E-state index contributed by atoms with van der Waals surface area (Å²) in [6.07, 6.45) is -13.4. The van der Waals surface area contributed by atoms with Gasteiger partial charge in [0.25, 0.3) is 0 Å². The lowest BCUT2D eigenvalue weighted by molar-refractivity contribution is -0.287. The van der Waals surface area contributed by atoms with Gasteiger partial charge in [-0.15, -0.1) is 0 Å². The van der Waals surface area contributed by atoms with E-state index in [2.05, 4.69) is 0 Å². The van der Waals surface area contributed by atoms with Crippen LogP contribution >= 0.6 is 0 Å². The number of rotatable bonds is 4. The fraction of sp³-hybridized carbons (Fsp3) is 0.225. The van der Waals surface area contributed by atoms with Gasteiger partial charge in [-0.05, 0) is 30.3 Å². The molecule has 4 aromatic carbocycles. The molecule has 66 heavy (non-hydrogen) atoms. The van der Waals surface area contributed by atoms with Crippen molar-refractivity contribution in [1.82, 2.24) is 0 Å². The van der Waals surface area contributed by atoms with E-state index < -0.39 is 205 Å². The summed E-state index contributed by atoms with van der Waals surface area (Å²) >= 11 is 0. The number of carboxylic acids is 1. The molecule has 0 spiro atoms. The molecule has 344 valence electrons. The number of benzene rings is 4. The van der Waals surface area contributed by atoms with Crippen molar-refractivity contribution in [1.29, 1.82) is 0 Å². The normalized spacial score (nSPS) is 23.3. The molecule has 1 fully saturated rings. The number of cyclic esters (lactones) is 1. The first-order chi connectivity index (χ1) is 31.1. The number of aromatic hydroxyl groups is 11. The first kappa shape index (κ1) is 43.6. The average Bonchev–Trinajstić information content (AvgIpc) is 3.60. The van der Waals surface area contributed by atoms with Gasteiger partial charge in [0, 0.05) is 16.7 Å². The first-order valence-electron chi connectivity index (χ1n) is 18.6. The van der Waals surface area contributed by atoms with Crippen LogP contribution in [0.1, 0.15) is 59.3 Å². The number of esters is 6. The number of carbonyl (C=O) groups excluding carboxylic acids is 6. The number of phenolic OH excluding ortho intramolecular Hbond substituents is 11. The Morgan fingerprint density at radius 2 is 1.09 bits per heavy atom. The minimum atomic E-state index is -2.53. The molecule has 26 nitrogen and oxygen atoms in total. The predicted octanol–water partition coefficient (Wildman–Crippen LogP) is 0.637. The monoisotopic (exact) mass is 924 g/mol. The van der Waals surface area contributed by atoms with Crippen molar-refractivity contribution < 1.29 is 128 Å². The molecular formula is C40H28O26. The third-order valence-electron chi connectivity index (χ3n) is 10.8. The Morgan fingerprint density at radius 3 is 1.68 bits per heavy atom. The fourth-order valence-electron chi connectivity index (χ4n) is 7.76. The van der Waals surface area contributed by atoms with Crippen LogP contribution in [0.2, 0.25) is 0 Å². The second kappa shape index (κ2) is 15.6. The molecule has 1 saturated heterocycles. The Morgan fingerprint density at radius 1 is 0.576 bits per heavy atom. The van der Waals surface area contributed by atoms with E-state index in [9.17, 15) is 94.8 Å². The minimum absolute atomic E-state index is 0.378. The lowest BCUT2D eigenvalue weighted by Gasteiger charge is -2.44. The van der Waals surface area contributed by atoms with E-state index in [0.717, 1.165) is 0 Å². The first-order valence-corrected chi connectivity index (χ1v) is 18.6. The molecule has 7 unspecified atom stereocenters. The summed E-state index contributed by atoms with van der Waals surface area (Å²) in [6.45, 7) is -1.27. The molecular weight excluding hydrogens is 896 g/mol. The largest absolute Gasteiger partial charge is 0.504 e. The fourth-order valence-corrected chi connectivity index (χ4v) is 7.76. The molecule has 0 aliphatic carbocycles. The molecule has 0 amide bonds. The number of carboxylic acid groups (broad SMARTS) is 1. The number of fused-ring (bicyclic) bond motifs is 3. The molecule has 0 radical (unpaired) electrons. The highest BCUT2D eigenvalue weighted by Gasteiger charge is 2.58. The standard InChI is InChI=1S/C40H28O26/c41-13-1-8(2-14(42)24(13)48)34(54)66-40-33-32-30(62-38(58)12(6-19(46)47)23-22-11(37(57)65-33)5-17(45)27(51)31(22)63-39(23)59)18(61-40)7-60-35(55)9-3-15(43)25(49)28(52)20(9)21-10(36(56)64-32)4-16(44)26(50)29(21)53/h1-5,12,18,23,30,32-33,40-45,48-53H,6-7H2,(H,46,47). The zero-order valence-electron chi connectivity index (χ0n) is 32.4. The van der Waals surface area contributed by atoms with Gasteiger partial charge in [0.2, 0.25) is 29.6 Å². The SMILES string of the molecule is O=C(O)CC1C(=O)OC2C3COC(=O)c4cc(O)c(O)c(O)c4-c4c(cc(O)c(O)c4O)C(=O)OC2C(OC(=O)c2cc(O)c(O)c4c2C1C(=O)O4)C(OC(=O)c1cc(O)c(O)c(O)c1)O3. The molecule has 4 heterocycles. The molecule has 8 rings (SSSR count). The van der Waals surface area contributed by atoms with Crippen LogP contribution in [0.4, 0.5) is 0 Å². The van der Waals surface area contributed by atoms with Crippen LogP contribution in [0.15, 0.2) is 30.3 Å². The number of aliphatic carboxylic acids is 1. The summed E-state index contributed by atoms with van der Waals surface area (Å²) in [5, 5.41) is 125. The van der Waals surface area contributed by atoms with E-state index in [0.29, 0.717) is 30.3 Å². The van der Waals surface area contributed by atoms with E-state index in [1.807, 2.05) is 0 Å². The third-order valence-corrected chi connectivity index (χ3v) is 10.8. The number of phenols is 11. The van der Waals surface area contributed by atoms with E-state index in [1.165, 1.54) is 0 Å². The Balaban J connectivity index is 1.38. The van der Waals surface area contributed by atoms with Gasteiger partial charge in [0.15, 0.2) is 64.0 Å². The third kappa shape index (κ3) is 6.92. The van der Waals surface area contributed by atoms with Gasteiger partial charge in [-0.1, -0.05) is 0 Å². The maximum atomic E-state index is 14.6. The maximum absolute atomic E-state index is 14.6. The van der Waals surface area contributed by atoms with E-state index in [1.54, 1.807) is 0 Å². The lowest BCUT2D eigenvalue weighted by atomic mass is 9.82. The molecule has 12 N–H and O–H groups in total.